The lowest BCUT2D eigenvalue weighted by atomic mass is 10.3. The van der Waals surface area contributed by atoms with Crippen molar-refractivity contribution in [3.8, 4) is 5.75 Å². The Morgan fingerprint density at radius 1 is 1.33 bits per heavy atom. The van der Waals surface area contributed by atoms with Crippen LogP contribution in [0.2, 0.25) is 0 Å². The Labute approximate surface area is 123 Å². The van der Waals surface area contributed by atoms with Crippen LogP contribution in [0.15, 0.2) is 46.3 Å². The average Bonchev–Trinajstić information content (AvgIpc) is 2.47. The van der Waals surface area contributed by atoms with Gasteiger partial charge in [0.25, 0.3) is 0 Å². The second kappa shape index (κ2) is 6.23. The summed E-state index contributed by atoms with van der Waals surface area (Å²) in [6, 6.07) is 9.16. The van der Waals surface area contributed by atoms with Crippen LogP contribution in [-0.2, 0) is 0 Å². The van der Waals surface area contributed by atoms with E-state index in [-0.39, 0.29) is 16.4 Å². The average molecular weight is 306 g/mol. The molecule has 21 heavy (non-hydrogen) atoms. The van der Waals surface area contributed by atoms with Gasteiger partial charge in [-0.1, -0.05) is 23.9 Å². The molecule has 0 spiro atoms. The first kappa shape index (κ1) is 14.8. The number of pyridine rings is 1. The zero-order valence-electron chi connectivity index (χ0n) is 10.8. The number of carbonyl (C=O) groups is 1. The van der Waals surface area contributed by atoms with E-state index in [0.29, 0.717) is 10.6 Å². The normalized spacial score (nSPS) is 10.1. The molecule has 0 aliphatic heterocycles. The molecule has 0 saturated carbocycles. The lowest BCUT2D eigenvalue weighted by Crippen LogP contribution is -2.03. The van der Waals surface area contributed by atoms with Gasteiger partial charge >= 0.3 is 11.7 Å². The minimum atomic E-state index is -1.24. The van der Waals surface area contributed by atoms with E-state index < -0.39 is 10.9 Å². The minimum Gasteiger partial charge on any atom is -0.496 e. The summed E-state index contributed by atoms with van der Waals surface area (Å²) in [5.41, 5.74) is -0.506. The van der Waals surface area contributed by atoms with E-state index in [0.717, 1.165) is 23.9 Å². The predicted molar refractivity (Wildman–Crippen MR) is 75.0 cm³/mol. The first-order valence-corrected chi connectivity index (χ1v) is 6.54. The molecule has 0 unspecified atom stereocenters. The van der Waals surface area contributed by atoms with Crippen LogP contribution >= 0.6 is 11.8 Å². The summed E-state index contributed by atoms with van der Waals surface area (Å²) in [4.78, 5) is 25.8. The molecule has 1 aromatic heterocycles. The van der Waals surface area contributed by atoms with Gasteiger partial charge in [-0.3, -0.25) is 10.1 Å². The van der Waals surface area contributed by atoms with Crippen LogP contribution in [0.3, 0.4) is 0 Å². The van der Waals surface area contributed by atoms with E-state index in [1.807, 2.05) is 0 Å². The van der Waals surface area contributed by atoms with E-state index in [4.69, 9.17) is 9.84 Å². The highest BCUT2D eigenvalue weighted by Crippen LogP contribution is 2.37. The fraction of sp³-hybridized carbons (Fsp3) is 0.0769. The van der Waals surface area contributed by atoms with Gasteiger partial charge in [-0.2, -0.15) is 0 Å². The van der Waals surface area contributed by atoms with E-state index in [9.17, 15) is 14.9 Å². The summed E-state index contributed by atoms with van der Waals surface area (Å²) in [6.45, 7) is 0. The molecule has 0 radical (unpaired) electrons. The van der Waals surface area contributed by atoms with Gasteiger partial charge in [0, 0.05) is 6.07 Å². The molecule has 0 atom stereocenters. The zero-order valence-corrected chi connectivity index (χ0v) is 11.7. The molecule has 0 fully saturated rings. The third-order valence-corrected chi connectivity index (χ3v) is 3.58. The highest BCUT2D eigenvalue weighted by molar-refractivity contribution is 7.99. The Morgan fingerprint density at radius 2 is 2.05 bits per heavy atom. The van der Waals surface area contributed by atoms with E-state index in [2.05, 4.69) is 4.98 Å². The molecule has 108 valence electrons. The number of hydrogen-bond acceptors (Lipinski definition) is 6. The van der Waals surface area contributed by atoms with Crippen molar-refractivity contribution in [2.45, 2.75) is 9.92 Å². The highest BCUT2D eigenvalue weighted by atomic mass is 32.2. The van der Waals surface area contributed by atoms with Gasteiger partial charge in [-0.15, -0.1) is 0 Å². The van der Waals surface area contributed by atoms with Crippen LogP contribution in [0.5, 0.6) is 5.75 Å². The Bertz CT molecular complexity index is 705. The van der Waals surface area contributed by atoms with Crippen LogP contribution in [0.4, 0.5) is 5.69 Å². The second-order valence-electron chi connectivity index (χ2n) is 3.84. The van der Waals surface area contributed by atoms with Crippen molar-refractivity contribution in [1.82, 2.24) is 4.98 Å². The van der Waals surface area contributed by atoms with Crippen molar-refractivity contribution in [2.75, 3.05) is 7.11 Å². The number of carboxylic acids is 1. The van der Waals surface area contributed by atoms with Gasteiger partial charge in [0.1, 0.15) is 11.4 Å². The number of nitrogens with zero attached hydrogens (tertiary/aromatic N) is 2. The Kier molecular flexibility index (Phi) is 4.39. The molecule has 1 heterocycles. The monoisotopic (exact) mass is 306 g/mol. The van der Waals surface area contributed by atoms with Crippen molar-refractivity contribution in [1.29, 1.82) is 0 Å². The molecular formula is C13H10N2O5S. The summed E-state index contributed by atoms with van der Waals surface area (Å²) in [5.74, 6) is -0.717. The molecule has 0 amide bonds. The number of aromatic nitrogens is 1. The predicted octanol–water partition coefficient (Wildman–Crippen LogP) is 2.85. The third kappa shape index (κ3) is 3.29. The van der Waals surface area contributed by atoms with Crippen molar-refractivity contribution >= 4 is 23.4 Å². The van der Waals surface area contributed by atoms with E-state index >= 15 is 0 Å². The van der Waals surface area contributed by atoms with Gasteiger partial charge in [0.2, 0.25) is 0 Å². The van der Waals surface area contributed by atoms with Gasteiger partial charge in [0.05, 0.1) is 16.9 Å². The summed E-state index contributed by atoms with van der Waals surface area (Å²) in [6.07, 6.45) is 0. The van der Waals surface area contributed by atoms with Crippen molar-refractivity contribution in [2.24, 2.45) is 0 Å². The van der Waals surface area contributed by atoms with Crippen molar-refractivity contribution in [3.63, 3.8) is 0 Å². The second-order valence-corrected chi connectivity index (χ2v) is 4.87. The number of methoxy groups -OCH3 is 1. The summed E-state index contributed by atoms with van der Waals surface area (Å²) in [5, 5.41) is 20.0. The molecule has 0 saturated heterocycles. The SMILES string of the molecule is COc1ccccc1Sc1nc(C(=O)O)ccc1[N+](=O)[O-]. The van der Waals surface area contributed by atoms with Gasteiger partial charge in [0.15, 0.2) is 5.03 Å². The quantitative estimate of drug-likeness (QED) is 0.669. The fourth-order valence-corrected chi connectivity index (χ4v) is 2.57. The molecule has 7 nitrogen and oxygen atoms in total. The molecule has 8 heteroatoms. The van der Waals surface area contributed by atoms with E-state index in [1.165, 1.54) is 7.11 Å². The first-order chi connectivity index (χ1) is 10.0. The summed E-state index contributed by atoms with van der Waals surface area (Å²) in [7, 11) is 1.48. The van der Waals surface area contributed by atoms with Crippen LogP contribution in [-0.4, -0.2) is 28.1 Å². The van der Waals surface area contributed by atoms with Crippen molar-refractivity contribution < 1.29 is 19.6 Å². The maximum Gasteiger partial charge on any atom is 0.354 e. The lowest BCUT2D eigenvalue weighted by molar-refractivity contribution is -0.388. The van der Waals surface area contributed by atoms with Crippen LogP contribution in [0.25, 0.3) is 0 Å². The van der Waals surface area contributed by atoms with E-state index in [1.54, 1.807) is 24.3 Å². The maximum absolute atomic E-state index is 11.0. The van der Waals surface area contributed by atoms with Gasteiger partial charge in [-0.05, 0) is 18.2 Å². The smallest absolute Gasteiger partial charge is 0.354 e. The highest BCUT2D eigenvalue weighted by Gasteiger charge is 2.20. The Balaban J connectivity index is 2.48. The number of nitro groups is 1. The fourth-order valence-electron chi connectivity index (χ4n) is 1.57. The molecule has 0 bridgehead atoms. The number of ether oxygens (including phenoxy) is 1. The van der Waals surface area contributed by atoms with Gasteiger partial charge < -0.3 is 9.84 Å². The molecule has 0 aliphatic carbocycles. The van der Waals surface area contributed by atoms with Gasteiger partial charge in [-0.25, -0.2) is 9.78 Å². The van der Waals surface area contributed by atoms with Crippen LogP contribution < -0.4 is 4.74 Å². The molecule has 2 aromatic rings. The maximum atomic E-state index is 11.0. The Morgan fingerprint density at radius 3 is 2.67 bits per heavy atom. The lowest BCUT2D eigenvalue weighted by Gasteiger charge is -2.07. The molecule has 1 N–H and O–H groups in total. The first-order valence-electron chi connectivity index (χ1n) is 5.72. The topological polar surface area (TPSA) is 103 Å². The standard InChI is InChI=1S/C13H10N2O5S/c1-20-10-4-2-3-5-11(10)21-12-9(15(18)19)7-6-8(14-12)13(16)17/h2-7H,1H3,(H,16,17). The van der Waals surface area contributed by atoms with Crippen LogP contribution in [0.1, 0.15) is 10.5 Å². The zero-order chi connectivity index (χ0) is 15.4. The number of carboxylic acid groups (broad SMARTS) is 1. The molecule has 0 aliphatic rings. The number of para-hydroxylation sites is 1. The Hall–Kier alpha value is -2.61. The number of aromatic carboxylic acids is 1. The summed E-state index contributed by atoms with van der Waals surface area (Å²) >= 11 is 0.984. The number of rotatable bonds is 5. The minimum absolute atomic E-state index is 0.00407. The molecule has 1 aromatic carbocycles. The largest absolute Gasteiger partial charge is 0.496 e. The summed E-state index contributed by atoms with van der Waals surface area (Å²) < 4.78 is 5.16. The molecule has 2 rings (SSSR count). The third-order valence-electron chi connectivity index (χ3n) is 2.53. The van der Waals surface area contributed by atoms with Crippen LogP contribution in [0, 0.1) is 10.1 Å². The number of hydrogen-bond donors (Lipinski definition) is 1. The van der Waals surface area contributed by atoms with Crippen molar-refractivity contribution in [3.05, 3.63) is 52.2 Å². The molecular weight excluding hydrogens is 296 g/mol. The number of benzene rings is 1.